The summed E-state index contributed by atoms with van der Waals surface area (Å²) in [6, 6.07) is 12.9. The Hall–Kier alpha value is -1.91. The molecule has 128 valence electrons. The first-order chi connectivity index (χ1) is 11.7. The highest BCUT2D eigenvalue weighted by Gasteiger charge is 2.10. The minimum atomic E-state index is -0.238. The zero-order valence-corrected chi connectivity index (χ0v) is 14.2. The predicted octanol–water partition coefficient (Wildman–Crippen LogP) is 3.16. The number of halogens is 1. The standard InChI is InChI=1S/C20H25FN2O/c1-16-14-17(15-23-11-9-22-10-12-23)2-3-18(16)8-13-24-20-6-4-19(21)5-7-20/h2-7,14,22H,8-13,15H2,1H3. The van der Waals surface area contributed by atoms with Gasteiger partial charge in [0.1, 0.15) is 11.6 Å². The molecule has 1 aliphatic heterocycles. The van der Waals surface area contributed by atoms with Crippen LogP contribution in [0.15, 0.2) is 42.5 Å². The van der Waals surface area contributed by atoms with Crippen LogP contribution < -0.4 is 10.1 Å². The zero-order chi connectivity index (χ0) is 16.8. The van der Waals surface area contributed by atoms with E-state index >= 15 is 0 Å². The molecule has 0 spiro atoms. The van der Waals surface area contributed by atoms with E-state index in [4.69, 9.17) is 4.74 Å². The first-order valence-electron chi connectivity index (χ1n) is 8.60. The van der Waals surface area contributed by atoms with Crippen LogP contribution >= 0.6 is 0 Å². The number of nitrogens with one attached hydrogen (secondary N) is 1. The maximum absolute atomic E-state index is 12.9. The largest absolute Gasteiger partial charge is 0.493 e. The van der Waals surface area contributed by atoms with Crippen LogP contribution in [-0.4, -0.2) is 37.7 Å². The molecule has 0 unspecified atom stereocenters. The molecule has 0 bridgehead atoms. The third-order valence-corrected chi connectivity index (χ3v) is 4.48. The number of hydrogen-bond acceptors (Lipinski definition) is 3. The number of nitrogens with zero attached hydrogens (tertiary/aromatic N) is 1. The van der Waals surface area contributed by atoms with Crippen molar-refractivity contribution in [2.24, 2.45) is 0 Å². The van der Waals surface area contributed by atoms with Crippen molar-refractivity contribution in [1.29, 1.82) is 0 Å². The molecule has 1 N–H and O–H groups in total. The molecule has 3 nitrogen and oxygen atoms in total. The summed E-state index contributed by atoms with van der Waals surface area (Å²) in [7, 11) is 0. The SMILES string of the molecule is Cc1cc(CN2CCNCC2)ccc1CCOc1ccc(F)cc1. The Morgan fingerprint density at radius 2 is 1.83 bits per heavy atom. The molecule has 2 aromatic carbocycles. The quantitative estimate of drug-likeness (QED) is 0.881. The summed E-state index contributed by atoms with van der Waals surface area (Å²) < 4.78 is 18.6. The zero-order valence-electron chi connectivity index (χ0n) is 14.2. The Morgan fingerprint density at radius 3 is 2.54 bits per heavy atom. The summed E-state index contributed by atoms with van der Waals surface area (Å²) in [5, 5.41) is 3.38. The molecule has 0 saturated carbocycles. The molecule has 0 aliphatic carbocycles. The van der Waals surface area contributed by atoms with Gasteiger partial charge in [-0.05, 0) is 47.9 Å². The van der Waals surface area contributed by atoms with Crippen molar-refractivity contribution in [3.05, 3.63) is 65.0 Å². The molecule has 1 aliphatic rings. The van der Waals surface area contributed by atoms with Gasteiger partial charge in [-0.25, -0.2) is 4.39 Å². The molecular formula is C20H25FN2O. The van der Waals surface area contributed by atoms with E-state index in [1.54, 1.807) is 12.1 Å². The van der Waals surface area contributed by atoms with E-state index in [-0.39, 0.29) is 5.82 Å². The lowest BCUT2D eigenvalue weighted by molar-refractivity contribution is 0.233. The van der Waals surface area contributed by atoms with Crippen LogP contribution in [0.1, 0.15) is 16.7 Å². The highest BCUT2D eigenvalue weighted by molar-refractivity contribution is 5.31. The monoisotopic (exact) mass is 328 g/mol. The molecule has 24 heavy (non-hydrogen) atoms. The Morgan fingerprint density at radius 1 is 1.08 bits per heavy atom. The van der Waals surface area contributed by atoms with E-state index < -0.39 is 0 Å². The second-order valence-electron chi connectivity index (χ2n) is 6.34. The van der Waals surface area contributed by atoms with Crippen LogP contribution in [-0.2, 0) is 13.0 Å². The van der Waals surface area contributed by atoms with Gasteiger partial charge in [-0.2, -0.15) is 0 Å². The summed E-state index contributed by atoms with van der Waals surface area (Å²) >= 11 is 0. The van der Waals surface area contributed by atoms with Crippen molar-refractivity contribution < 1.29 is 9.13 Å². The third kappa shape index (κ3) is 4.79. The van der Waals surface area contributed by atoms with Gasteiger partial charge in [-0.1, -0.05) is 18.2 Å². The highest BCUT2D eigenvalue weighted by Crippen LogP contribution is 2.16. The van der Waals surface area contributed by atoms with E-state index in [9.17, 15) is 4.39 Å². The second-order valence-corrected chi connectivity index (χ2v) is 6.34. The fourth-order valence-electron chi connectivity index (χ4n) is 3.07. The minimum absolute atomic E-state index is 0.238. The van der Waals surface area contributed by atoms with Gasteiger partial charge in [-0.15, -0.1) is 0 Å². The number of ether oxygens (including phenoxy) is 1. The maximum atomic E-state index is 12.9. The number of hydrogen-bond donors (Lipinski definition) is 1. The summed E-state index contributed by atoms with van der Waals surface area (Å²) in [5.74, 6) is 0.475. The molecule has 0 aromatic heterocycles. The molecule has 1 fully saturated rings. The minimum Gasteiger partial charge on any atom is -0.493 e. The van der Waals surface area contributed by atoms with Crippen molar-refractivity contribution in [3.63, 3.8) is 0 Å². The predicted molar refractivity (Wildman–Crippen MR) is 94.9 cm³/mol. The van der Waals surface area contributed by atoms with Gasteiger partial charge in [0, 0.05) is 39.1 Å². The van der Waals surface area contributed by atoms with Crippen LogP contribution in [0.4, 0.5) is 4.39 Å². The number of rotatable bonds is 6. The number of benzene rings is 2. The Labute approximate surface area is 143 Å². The van der Waals surface area contributed by atoms with Gasteiger partial charge in [0.2, 0.25) is 0 Å². The molecule has 2 aromatic rings. The average Bonchev–Trinajstić information content (AvgIpc) is 2.59. The number of piperazine rings is 1. The van der Waals surface area contributed by atoms with Crippen LogP contribution in [0.5, 0.6) is 5.75 Å². The van der Waals surface area contributed by atoms with Crippen molar-refractivity contribution >= 4 is 0 Å². The lowest BCUT2D eigenvalue weighted by atomic mass is 10.0. The normalized spacial score (nSPS) is 15.4. The molecule has 0 amide bonds. The van der Waals surface area contributed by atoms with Gasteiger partial charge in [-0.3, -0.25) is 4.90 Å². The smallest absolute Gasteiger partial charge is 0.123 e. The summed E-state index contributed by atoms with van der Waals surface area (Å²) in [6.45, 7) is 8.18. The molecule has 1 saturated heterocycles. The van der Waals surface area contributed by atoms with Crippen LogP contribution in [0.25, 0.3) is 0 Å². The van der Waals surface area contributed by atoms with E-state index in [1.165, 1.54) is 28.8 Å². The van der Waals surface area contributed by atoms with Crippen molar-refractivity contribution in [3.8, 4) is 5.75 Å². The molecule has 0 radical (unpaired) electrons. The van der Waals surface area contributed by atoms with Crippen molar-refractivity contribution in [1.82, 2.24) is 10.2 Å². The van der Waals surface area contributed by atoms with Gasteiger partial charge in [0.15, 0.2) is 0 Å². The van der Waals surface area contributed by atoms with E-state index in [1.807, 2.05) is 0 Å². The maximum Gasteiger partial charge on any atom is 0.123 e. The molecule has 4 heteroatoms. The summed E-state index contributed by atoms with van der Waals surface area (Å²) in [5.41, 5.74) is 3.99. The highest BCUT2D eigenvalue weighted by atomic mass is 19.1. The lowest BCUT2D eigenvalue weighted by Crippen LogP contribution is -2.42. The Balaban J connectivity index is 1.51. The fraction of sp³-hybridized carbons (Fsp3) is 0.400. The number of aryl methyl sites for hydroxylation is 1. The first kappa shape index (κ1) is 16.9. The van der Waals surface area contributed by atoms with Gasteiger partial charge >= 0.3 is 0 Å². The van der Waals surface area contributed by atoms with Gasteiger partial charge in [0.05, 0.1) is 6.61 Å². The average molecular weight is 328 g/mol. The van der Waals surface area contributed by atoms with E-state index in [0.717, 1.165) is 39.1 Å². The topological polar surface area (TPSA) is 24.5 Å². The van der Waals surface area contributed by atoms with Crippen LogP contribution in [0.3, 0.4) is 0 Å². The second kappa shape index (κ2) is 8.27. The van der Waals surface area contributed by atoms with Gasteiger partial charge < -0.3 is 10.1 Å². The van der Waals surface area contributed by atoms with Gasteiger partial charge in [0.25, 0.3) is 0 Å². The molecular weight excluding hydrogens is 303 g/mol. The van der Waals surface area contributed by atoms with Crippen LogP contribution in [0.2, 0.25) is 0 Å². The van der Waals surface area contributed by atoms with Crippen LogP contribution in [0, 0.1) is 12.7 Å². The first-order valence-corrected chi connectivity index (χ1v) is 8.60. The van der Waals surface area contributed by atoms with E-state index in [0.29, 0.717) is 12.4 Å². The molecule has 0 atom stereocenters. The third-order valence-electron chi connectivity index (χ3n) is 4.48. The molecule has 1 heterocycles. The summed E-state index contributed by atoms with van der Waals surface area (Å²) in [4.78, 5) is 2.49. The Kier molecular flexibility index (Phi) is 5.83. The molecule has 3 rings (SSSR count). The van der Waals surface area contributed by atoms with E-state index in [2.05, 4.69) is 35.3 Å². The fourth-order valence-corrected chi connectivity index (χ4v) is 3.07. The Bertz CT molecular complexity index is 651. The van der Waals surface area contributed by atoms with Crippen molar-refractivity contribution in [2.75, 3.05) is 32.8 Å². The lowest BCUT2D eigenvalue weighted by Gasteiger charge is -2.27. The van der Waals surface area contributed by atoms with Crippen molar-refractivity contribution in [2.45, 2.75) is 19.9 Å². The summed E-state index contributed by atoms with van der Waals surface area (Å²) in [6.07, 6.45) is 0.858.